The zero-order valence-electron chi connectivity index (χ0n) is 23.0. The van der Waals surface area contributed by atoms with Crippen LogP contribution in [-0.2, 0) is 47.4 Å². The van der Waals surface area contributed by atoms with Crippen LogP contribution in [0.3, 0.4) is 0 Å². The molecule has 0 bridgehead atoms. The molecule has 0 N–H and O–H groups in total. The molecule has 0 aromatic rings. The maximum atomic E-state index is 12.0. The van der Waals surface area contributed by atoms with Crippen LogP contribution >= 0.6 is 0 Å². The maximum absolute atomic E-state index is 12.0. The molecular formula is C26H52O10. The van der Waals surface area contributed by atoms with Gasteiger partial charge in [0, 0.05) is 6.61 Å². The topological polar surface area (TPSA) is 100 Å². The van der Waals surface area contributed by atoms with E-state index in [2.05, 4.69) is 6.92 Å². The minimum absolute atomic E-state index is 0.00442. The fourth-order valence-corrected chi connectivity index (χ4v) is 2.94. The average Bonchev–Trinajstić information content (AvgIpc) is 2.89. The predicted molar refractivity (Wildman–Crippen MR) is 136 cm³/mol. The summed E-state index contributed by atoms with van der Waals surface area (Å²) >= 11 is 0. The van der Waals surface area contributed by atoms with Crippen molar-refractivity contribution < 1.29 is 47.4 Å². The number of rotatable bonds is 30. The molecule has 0 amide bonds. The number of esters is 1. The summed E-state index contributed by atoms with van der Waals surface area (Å²) in [6.07, 6.45) is 3.86. The van der Waals surface area contributed by atoms with E-state index in [0.717, 1.165) is 25.7 Å². The van der Waals surface area contributed by atoms with Crippen molar-refractivity contribution in [2.24, 2.45) is 5.92 Å². The van der Waals surface area contributed by atoms with Gasteiger partial charge in [-0.15, -0.1) is 0 Å². The molecule has 0 aliphatic rings. The molecule has 216 valence electrons. The summed E-state index contributed by atoms with van der Waals surface area (Å²) in [5, 5.41) is 0. The van der Waals surface area contributed by atoms with Crippen molar-refractivity contribution in [3.63, 3.8) is 0 Å². The second-order valence-corrected chi connectivity index (χ2v) is 7.90. The fraction of sp³-hybridized carbons (Fsp3) is 0.962. The van der Waals surface area contributed by atoms with Gasteiger partial charge in [0.2, 0.25) is 0 Å². The fourth-order valence-electron chi connectivity index (χ4n) is 2.94. The van der Waals surface area contributed by atoms with Crippen LogP contribution in [0.4, 0.5) is 0 Å². The van der Waals surface area contributed by atoms with Gasteiger partial charge in [0.15, 0.2) is 0 Å². The smallest absolute Gasteiger partial charge is 0.308 e. The van der Waals surface area contributed by atoms with Crippen molar-refractivity contribution in [1.82, 2.24) is 0 Å². The highest BCUT2D eigenvalue weighted by Gasteiger charge is 2.16. The minimum Gasteiger partial charge on any atom is -0.463 e. The van der Waals surface area contributed by atoms with Crippen LogP contribution in [0.5, 0.6) is 0 Å². The maximum Gasteiger partial charge on any atom is 0.308 e. The molecule has 0 aliphatic carbocycles. The lowest BCUT2D eigenvalue weighted by Gasteiger charge is -2.13. The SMILES string of the molecule is CCCCC(CC)C(=O)OCCOCCOCCOCCOCCOCCOCCOCCOCC. The molecule has 1 atom stereocenters. The Morgan fingerprint density at radius 3 is 1.14 bits per heavy atom. The first kappa shape index (κ1) is 35.2. The number of carbonyl (C=O) groups excluding carboxylic acids is 1. The monoisotopic (exact) mass is 524 g/mol. The van der Waals surface area contributed by atoms with E-state index in [9.17, 15) is 4.79 Å². The van der Waals surface area contributed by atoms with E-state index in [1.165, 1.54) is 0 Å². The molecule has 36 heavy (non-hydrogen) atoms. The number of unbranched alkanes of at least 4 members (excludes halogenated alkanes) is 1. The van der Waals surface area contributed by atoms with Gasteiger partial charge in [0.25, 0.3) is 0 Å². The summed E-state index contributed by atoms with van der Waals surface area (Å²) < 4.78 is 48.4. The Morgan fingerprint density at radius 1 is 0.500 bits per heavy atom. The van der Waals surface area contributed by atoms with Crippen LogP contribution in [0, 0.1) is 5.92 Å². The quantitative estimate of drug-likeness (QED) is 0.103. The summed E-state index contributed by atoms with van der Waals surface area (Å²) in [5.41, 5.74) is 0. The Kier molecular flexibility index (Phi) is 29.7. The zero-order valence-corrected chi connectivity index (χ0v) is 23.0. The Labute approximate surface area is 218 Å². The van der Waals surface area contributed by atoms with Crippen molar-refractivity contribution in [3.05, 3.63) is 0 Å². The van der Waals surface area contributed by atoms with E-state index in [1.807, 2.05) is 13.8 Å². The third-order valence-electron chi connectivity index (χ3n) is 5.01. The van der Waals surface area contributed by atoms with Crippen LogP contribution in [0.15, 0.2) is 0 Å². The van der Waals surface area contributed by atoms with E-state index >= 15 is 0 Å². The largest absolute Gasteiger partial charge is 0.463 e. The van der Waals surface area contributed by atoms with Gasteiger partial charge in [-0.2, -0.15) is 0 Å². The molecule has 0 spiro atoms. The molecule has 0 aliphatic heterocycles. The van der Waals surface area contributed by atoms with Gasteiger partial charge in [-0.05, 0) is 19.8 Å². The zero-order chi connectivity index (χ0) is 26.4. The first-order valence-electron chi connectivity index (χ1n) is 13.5. The molecular weight excluding hydrogens is 472 g/mol. The molecule has 0 aromatic carbocycles. The lowest BCUT2D eigenvalue weighted by atomic mass is 10.00. The van der Waals surface area contributed by atoms with Gasteiger partial charge in [-0.25, -0.2) is 0 Å². The summed E-state index contributed by atoms with van der Waals surface area (Å²) in [6.45, 7) is 14.9. The van der Waals surface area contributed by atoms with Crippen LogP contribution in [0.1, 0.15) is 46.5 Å². The Hall–Kier alpha value is -0.850. The molecule has 0 saturated carbocycles. The van der Waals surface area contributed by atoms with Gasteiger partial charge in [0.1, 0.15) is 6.61 Å². The van der Waals surface area contributed by atoms with Crippen LogP contribution in [0.25, 0.3) is 0 Å². The lowest BCUT2D eigenvalue weighted by Crippen LogP contribution is -2.20. The van der Waals surface area contributed by atoms with Crippen molar-refractivity contribution in [2.75, 3.05) is 112 Å². The van der Waals surface area contributed by atoms with Crippen molar-refractivity contribution in [1.29, 1.82) is 0 Å². The number of ether oxygens (including phenoxy) is 9. The van der Waals surface area contributed by atoms with Gasteiger partial charge in [-0.1, -0.05) is 26.7 Å². The molecule has 0 aromatic heterocycles. The van der Waals surface area contributed by atoms with Crippen LogP contribution < -0.4 is 0 Å². The van der Waals surface area contributed by atoms with Gasteiger partial charge in [-0.3, -0.25) is 4.79 Å². The first-order valence-corrected chi connectivity index (χ1v) is 13.5. The summed E-state index contributed by atoms with van der Waals surface area (Å²) in [7, 11) is 0. The summed E-state index contributed by atoms with van der Waals surface area (Å²) in [6, 6.07) is 0. The highest BCUT2D eigenvalue weighted by Crippen LogP contribution is 2.14. The molecule has 10 nitrogen and oxygen atoms in total. The van der Waals surface area contributed by atoms with Crippen molar-refractivity contribution in [3.8, 4) is 0 Å². The van der Waals surface area contributed by atoms with E-state index < -0.39 is 0 Å². The van der Waals surface area contributed by atoms with E-state index in [-0.39, 0.29) is 18.5 Å². The third-order valence-corrected chi connectivity index (χ3v) is 5.01. The van der Waals surface area contributed by atoms with E-state index in [1.54, 1.807) is 0 Å². The van der Waals surface area contributed by atoms with Gasteiger partial charge >= 0.3 is 5.97 Å². The second-order valence-electron chi connectivity index (χ2n) is 7.90. The normalized spacial score (nSPS) is 12.2. The molecule has 1 unspecified atom stereocenters. The number of carbonyl (C=O) groups is 1. The van der Waals surface area contributed by atoms with Crippen LogP contribution in [-0.4, -0.2) is 118 Å². The number of hydrogen-bond acceptors (Lipinski definition) is 10. The highest BCUT2D eigenvalue weighted by molar-refractivity contribution is 5.72. The predicted octanol–water partition coefficient (Wildman–Crippen LogP) is 2.90. The second kappa shape index (κ2) is 30.4. The molecule has 0 rings (SSSR count). The Morgan fingerprint density at radius 2 is 0.833 bits per heavy atom. The van der Waals surface area contributed by atoms with Gasteiger partial charge in [0.05, 0.1) is 105 Å². The van der Waals surface area contributed by atoms with Crippen molar-refractivity contribution in [2.45, 2.75) is 46.5 Å². The van der Waals surface area contributed by atoms with E-state index in [0.29, 0.717) is 106 Å². The summed E-state index contributed by atoms with van der Waals surface area (Å²) in [5.74, 6) is -0.111. The third kappa shape index (κ3) is 26.2. The highest BCUT2D eigenvalue weighted by atomic mass is 16.6. The average molecular weight is 525 g/mol. The summed E-state index contributed by atoms with van der Waals surface area (Å²) in [4.78, 5) is 12.0. The first-order chi connectivity index (χ1) is 17.8. The standard InChI is InChI=1S/C26H52O10/c1-4-7-8-25(5-2)26(27)36-24-23-35-22-21-34-20-19-33-18-17-32-16-15-31-14-13-30-12-11-29-10-9-28-6-3/h25H,4-24H2,1-3H3. The minimum atomic E-state index is -0.115. The molecule has 10 heteroatoms. The van der Waals surface area contributed by atoms with E-state index in [4.69, 9.17) is 42.6 Å². The Balaban J connectivity index is 3.17. The lowest BCUT2D eigenvalue weighted by molar-refractivity contribution is -0.150. The van der Waals surface area contributed by atoms with Gasteiger partial charge < -0.3 is 42.6 Å². The van der Waals surface area contributed by atoms with Crippen molar-refractivity contribution >= 4 is 5.97 Å². The molecule has 0 saturated heterocycles. The molecule has 0 heterocycles. The molecule has 0 fully saturated rings. The van der Waals surface area contributed by atoms with Crippen LogP contribution in [0.2, 0.25) is 0 Å². The molecule has 0 radical (unpaired) electrons. The Bertz CT molecular complexity index is 439. The number of hydrogen-bond donors (Lipinski definition) is 0.